The third kappa shape index (κ3) is 6.52. The van der Waals surface area contributed by atoms with Crippen molar-refractivity contribution in [2.45, 2.75) is 37.1 Å². The van der Waals surface area contributed by atoms with Crippen molar-refractivity contribution < 1.29 is 39.4 Å². The minimum atomic E-state index is -1.52. The van der Waals surface area contributed by atoms with Gasteiger partial charge in [0.05, 0.1) is 13.2 Å². The summed E-state index contributed by atoms with van der Waals surface area (Å²) in [6, 6.07) is 9.17. The van der Waals surface area contributed by atoms with E-state index >= 15 is 0 Å². The van der Waals surface area contributed by atoms with Gasteiger partial charge < -0.3 is 34.6 Å². The van der Waals surface area contributed by atoms with E-state index in [1.165, 1.54) is 6.08 Å². The second kappa shape index (κ2) is 11.1. The summed E-state index contributed by atoms with van der Waals surface area (Å²) in [5.41, 5.74) is 1.37. The van der Waals surface area contributed by atoms with Crippen LogP contribution in [0.25, 0.3) is 6.08 Å². The summed E-state index contributed by atoms with van der Waals surface area (Å²) in [6.45, 7) is 3.20. The Labute approximate surface area is 163 Å². The molecule has 1 aromatic rings. The second-order valence-corrected chi connectivity index (χ2v) is 6.42. The summed E-state index contributed by atoms with van der Waals surface area (Å²) in [5, 5.41) is 38.9. The molecule has 1 heterocycles. The number of benzene rings is 1. The van der Waals surface area contributed by atoms with Crippen LogP contribution in [0.3, 0.4) is 0 Å². The smallest absolute Gasteiger partial charge is 0.330 e. The van der Waals surface area contributed by atoms with E-state index in [1.54, 1.807) is 6.08 Å². The highest BCUT2D eigenvalue weighted by Crippen LogP contribution is 2.23. The molecular formula is C20H26O8. The van der Waals surface area contributed by atoms with Crippen molar-refractivity contribution in [1.29, 1.82) is 0 Å². The number of aliphatic hydroxyl groups excluding tert-OH is 4. The van der Waals surface area contributed by atoms with Crippen LogP contribution < -0.4 is 0 Å². The summed E-state index contributed by atoms with van der Waals surface area (Å²) < 4.78 is 15.9. The average Bonchev–Trinajstić information content (AvgIpc) is 2.71. The van der Waals surface area contributed by atoms with Crippen LogP contribution in [0.1, 0.15) is 12.0 Å². The van der Waals surface area contributed by atoms with E-state index in [4.69, 9.17) is 19.3 Å². The number of aliphatic hydroxyl groups is 4. The van der Waals surface area contributed by atoms with Gasteiger partial charge in [0.2, 0.25) is 0 Å². The normalized spacial score (nSPS) is 27.6. The molecule has 0 unspecified atom stereocenters. The maximum Gasteiger partial charge on any atom is 0.330 e. The highest BCUT2D eigenvalue weighted by atomic mass is 16.7. The third-order valence-corrected chi connectivity index (χ3v) is 4.23. The SMILES string of the molecule is C=C(CO)CCO[C@@H]1O[C@H](COC(=O)C=Cc2ccccc2)[C@@H](O)[C@H](O)[C@H]1O. The van der Waals surface area contributed by atoms with Crippen molar-refractivity contribution in [1.82, 2.24) is 0 Å². The molecule has 0 bridgehead atoms. The molecule has 1 fully saturated rings. The Hall–Kier alpha value is -2.07. The van der Waals surface area contributed by atoms with Crippen LogP contribution in [0, 0.1) is 0 Å². The molecule has 0 spiro atoms. The van der Waals surface area contributed by atoms with Gasteiger partial charge in [0.15, 0.2) is 6.29 Å². The van der Waals surface area contributed by atoms with Gasteiger partial charge in [-0.25, -0.2) is 4.79 Å². The molecule has 1 saturated heterocycles. The molecule has 0 aliphatic carbocycles. The van der Waals surface area contributed by atoms with Crippen LogP contribution in [0.4, 0.5) is 0 Å². The molecule has 28 heavy (non-hydrogen) atoms. The Morgan fingerprint density at radius 2 is 1.86 bits per heavy atom. The predicted molar refractivity (Wildman–Crippen MR) is 99.9 cm³/mol. The first kappa shape index (κ1) is 22.2. The first-order valence-corrected chi connectivity index (χ1v) is 8.91. The predicted octanol–water partition coefficient (Wildman–Crippen LogP) is 0.00580. The zero-order valence-corrected chi connectivity index (χ0v) is 15.4. The monoisotopic (exact) mass is 394 g/mol. The lowest BCUT2D eigenvalue weighted by Crippen LogP contribution is -2.59. The highest BCUT2D eigenvalue weighted by Gasteiger charge is 2.44. The third-order valence-electron chi connectivity index (χ3n) is 4.23. The molecule has 2 rings (SSSR count). The van der Waals surface area contributed by atoms with Gasteiger partial charge in [0.1, 0.15) is 31.0 Å². The summed E-state index contributed by atoms with van der Waals surface area (Å²) in [6.07, 6.45) is -3.57. The van der Waals surface area contributed by atoms with Crippen LogP contribution >= 0.6 is 0 Å². The topological polar surface area (TPSA) is 126 Å². The number of esters is 1. The van der Waals surface area contributed by atoms with E-state index in [0.717, 1.165) is 5.56 Å². The van der Waals surface area contributed by atoms with Gasteiger partial charge in [-0.1, -0.05) is 36.9 Å². The van der Waals surface area contributed by atoms with Crippen molar-refractivity contribution in [3.63, 3.8) is 0 Å². The van der Waals surface area contributed by atoms with Gasteiger partial charge in [0, 0.05) is 6.08 Å². The molecule has 1 aromatic carbocycles. The number of carbonyl (C=O) groups is 1. The molecule has 5 atom stereocenters. The van der Waals surface area contributed by atoms with Gasteiger partial charge in [-0.15, -0.1) is 0 Å². The molecule has 154 valence electrons. The summed E-state index contributed by atoms with van der Waals surface area (Å²) >= 11 is 0. The Balaban J connectivity index is 1.85. The second-order valence-electron chi connectivity index (χ2n) is 6.42. The summed E-state index contributed by atoms with van der Waals surface area (Å²) in [7, 11) is 0. The lowest BCUT2D eigenvalue weighted by atomic mass is 9.99. The Morgan fingerprint density at radius 3 is 2.54 bits per heavy atom. The van der Waals surface area contributed by atoms with Gasteiger partial charge >= 0.3 is 5.97 Å². The van der Waals surface area contributed by atoms with Gasteiger partial charge in [0.25, 0.3) is 0 Å². The lowest BCUT2D eigenvalue weighted by Gasteiger charge is -2.39. The maximum atomic E-state index is 11.9. The van der Waals surface area contributed by atoms with Crippen LogP contribution in [-0.2, 0) is 19.0 Å². The van der Waals surface area contributed by atoms with E-state index in [2.05, 4.69) is 6.58 Å². The zero-order chi connectivity index (χ0) is 20.5. The number of carbonyl (C=O) groups excluding carboxylic acids is 1. The Morgan fingerprint density at radius 1 is 1.14 bits per heavy atom. The van der Waals surface area contributed by atoms with Crippen LogP contribution in [0.5, 0.6) is 0 Å². The van der Waals surface area contributed by atoms with E-state index in [-0.39, 0.29) is 19.8 Å². The van der Waals surface area contributed by atoms with Crippen molar-refractivity contribution in [3.8, 4) is 0 Å². The number of hydrogen-bond donors (Lipinski definition) is 4. The fraction of sp³-hybridized carbons (Fsp3) is 0.450. The average molecular weight is 394 g/mol. The molecule has 4 N–H and O–H groups in total. The first-order valence-electron chi connectivity index (χ1n) is 8.91. The quantitative estimate of drug-likeness (QED) is 0.262. The molecule has 0 amide bonds. The maximum absolute atomic E-state index is 11.9. The molecule has 0 radical (unpaired) electrons. The van der Waals surface area contributed by atoms with Crippen molar-refractivity contribution in [2.24, 2.45) is 0 Å². The Kier molecular flexibility index (Phi) is 8.78. The van der Waals surface area contributed by atoms with Gasteiger partial charge in [-0.2, -0.15) is 0 Å². The molecule has 1 aliphatic heterocycles. The standard InChI is InChI=1S/C20H26O8/c1-13(11-21)9-10-26-20-19(25)18(24)17(23)15(28-20)12-27-16(22)8-7-14-5-3-2-4-6-14/h2-8,15,17-21,23-25H,1,9-12H2/t15-,17-,18+,19-,20-/m1/s1. The van der Waals surface area contributed by atoms with Gasteiger partial charge in [-0.05, 0) is 23.6 Å². The molecule has 0 aromatic heterocycles. The largest absolute Gasteiger partial charge is 0.460 e. The lowest BCUT2D eigenvalue weighted by molar-refractivity contribution is -0.301. The van der Waals surface area contributed by atoms with Crippen molar-refractivity contribution >= 4 is 12.0 Å². The fourth-order valence-corrected chi connectivity index (χ4v) is 2.53. The minimum Gasteiger partial charge on any atom is -0.460 e. The minimum absolute atomic E-state index is 0.0935. The van der Waals surface area contributed by atoms with Crippen LogP contribution in [-0.4, -0.2) is 76.9 Å². The zero-order valence-electron chi connectivity index (χ0n) is 15.4. The summed E-state index contributed by atoms with van der Waals surface area (Å²) in [4.78, 5) is 11.9. The van der Waals surface area contributed by atoms with E-state index in [1.807, 2.05) is 30.3 Å². The van der Waals surface area contributed by atoms with Gasteiger partial charge in [-0.3, -0.25) is 0 Å². The Bertz CT molecular complexity index is 659. The molecular weight excluding hydrogens is 368 g/mol. The van der Waals surface area contributed by atoms with Crippen LogP contribution in [0.15, 0.2) is 48.6 Å². The van der Waals surface area contributed by atoms with Crippen molar-refractivity contribution in [2.75, 3.05) is 19.8 Å². The van der Waals surface area contributed by atoms with Crippen LogP contribution in [0.2, 0.25) is 0 Å². The molecule has 8 heteroatoms. The molecule has 1 aliphatic rings. The first-order chi connectivity index (χ1) is 13.4. The number of rotatable bonds is 9. The number of ether oxygens (including phenoxy) is 3. The fourth-order valence-electron chi connectivity index (χ4n) is 2.53. The number of hydrogen-bond acceptors (Lipinski definition) is 8. The molecule has 0 saturated carbocycles. The highest BCUT2D eigenvalue weighted by molar-refractivity contribution is 5.87. The summed E-state index contributed by atoms with van der Waals surface area (Å²) in [5.74, 6) is -0.642. The van der Waals surface area contributed by atoms with E-state index < -0.39 is 36.7 Å². The van der Waals surface area contributed by atoms with E-state index in [9.17, 15) is 20.1 Å². The van der Waals surface area contributed by atoms with Crippen molar-refractivity contribution in [3.05, 3.63) is 54.1 Å². The molecule has 8 nitrogen and oxygen atoms in total. The van der Waals surface area contributed by atoms with E-state index in [0.29, 0.717) is 12.0 Å².